The Hall–Kier alpha value is -6.43. The monoisotopic (exact) mass is 1480 g/mol. The minimum atomic E-state index is -0.587. The van der Waals surface area contributed by atoms with Crippen LogP contribution >= 0.6 is 54.5 Å². The largest absolute Gasteiger partial charge is 0.494 e. The number of benzene rings is 10. The van der Waals surface area contributed by atoms with E-state index in [1.165, 1.54) is 208 Å². The average molecular weight is 1480 g/mol. The summed E-state index contributed by atoms with van der Waals surface area (Å²) in [6, 6.07) is 74.3. The van der Waals surface area contributed by atoms with E-state index in [0.717, 1.165) is 31.3 Å². The van der Waals surface area contributed by atoms with Crippen molar-refractivity contribution in [2.24, 2.45) is 0 Å². The Morgan fingerprint density at radius 3 is 1.21 bits per heavy atom. The molecule has 2 fully saturated rings. The van der Waals surface area contributed by atoms with Gasteiger partial charge in [0.05, 0.1) is 39.4 Å². The van der Waals surface area contributed by atoms with Crippen LogP contribution in [0.3, 0.4) is 0 Å². The van der Waals surface area contributed by atoms with Crippen molar-refractivity contribution in [2.45, 2.75) is 167 Å². The van der Waals surface area contributed by atoms with Crippen molar-refractivity contribution in [3.05, 3.63) is 246 Å². The lowest BCUT2D eigenvalue weighted by Gasteiger charge is -2.36. The van der Waals surface area contributed by atoms with Crippen LogP contribution in [0.15, 0.2) is 202 Å². The molecule has 0 spiro atoms. The zero-order valence-electron chi connectivity index (χ0n) is 59.6. The van der Waals surface area contributed by atoms with Crippen molar-refractivity contribution in [1.29, 1.82) is 0 Å². The summed E-state index contributed by atoms with van der Waals surface area (Å²) >= 11 is 11.3. The second-order valence-corrected chi connectivity index (χ2v) is 35.5. The molecule has 2 saturated heterocycles. The third kappa shape index (κ3) is 12.9. The first-order valence-corrected chi connectivity index (χ1v) is 40.3. The second-order valence-electron chi connectivity index (χ2n) is 30.6. The Morgan fingerprint density at radius 1 is 0.370 bits per heavy atom. The number of fused-ring (bicyclic) bond motifs is 10. The van der Waals surface area contributed by atoms with E-state index in [-0.39, 0.29) is 30.5 Å². The van der Waals surface area contributed by atoms with Crippen LogP contribution in [-0.2, 0) is 40.3 Å². The number of hydrogen-bond donors (Lipinski definition) is 0. The molecule has 2 aliphatic carbocycles. The molecule has 0 saturated carbocycles. The van der Waals surface area contributed by atoms with Crippen LogP contribution in [-0.4, -0.2) is 40.7 Å². The first-order valence-electron chi connectivity index (χ1n) is 37.1. The van der Waals surface area contributed by atoms with Crippen LogP contribution in [0.25, 0.3) is 86.2 Å². The lowest BCUT2D eigenvalue weighted by Crippen LogP contribution is -2.35. The van der Waals surface area contributed by atoms with Crippen LogP contribution in [0, 0.1) is 0 Å². The highest BCUT2D eigenvalue weighted by atomic mass is 79.9. The second kappa shape index (κ2) is 29.0. The normalized spacial score (nSPS) is 15.3. The lowest BCUT2D eigenvalue weighted by atomic mass is 9.65. The summed E-state index contributed by atoms with van der Waals surface area (Å²) in [5, 5.41) is 7.72. The molecular weight excluding hydrogens is 1390 g/mol. The third-order valence-electron chi connectivity index (χ3n) is 22.2. The van der Waals surface area contributed by atoms with Crippen molar-refractivity contribution in [1.82, 2.24) is 0 Å². The van der Waals surface area contributed by atoms with Gasteiger partial charge in [-0.15, -0.1) is 22.7 Å². The predicted molar refractivity (Wildman–Crippen MR) is 436 cm³/mol. The standard InChI is InChI=1S/C60H76B2O4.C30H16Br2S2/c1-9-11-13-15-17-19-33-59(34-20-18-16-14-12-10-2)53-39-47(61-63-35-36-64-61)29-31-49(53)51-42-56-52(41-54(51)59)50-32-30-48(62-65-37-38-66-62)40-55(50)60(56,45-25-21-43(22-26-45)57(3,4)5)46-27-23-44(24-28-46)58(6,7)8;31-25-15-23-27(21-13-5-9-17-7-1-3-11-19(17)21)29-24(16-26(32)33-29)28(30(23)34-25)22-14-6-10-18-8-2-4-12-20(18)22/h21-32,39-42H,9-20,33-38H2,1-8H3;1-16H. The summed E-state index contributed by atoms with van der Waals surface area (Å²) in [5.74, 6) is 0. The molecule has 100 heavy (non-hydrogen) atoms. The van der Waals surface area contributed by atoms with Crippen molar-refractivity contribution in [2.75, 3.05) is 26.4 Å². The summed E-state index contributed by atoms with van der Waals surface area (Å²) in [4.78, 5) is 0. The summed E-state index contributed by atoms with van der Waals surface area (Å²) < 4.78 is 29.8. The van der Waals surface area contributed by atoms with Gasteiger partial charge in [0.15, 0.2) is 0 Å². The van der Waals surface area contributed by atoms with E-state index in [4.69, 9.17) is 18.6 Å². The Balaban J connectivity index is 0.000000198. The van der Waals surface area contributed by atoms with Gasteiger partial charge in [-0.25, -0.2) is 0 Å². The summed E-state index contributed by atoms with van der Waals surface area (Å²) in [7, 11) is -0.678. The Labute approximate surface area is 619 Å². The van der Waals surface area contributed by atoms with Crippen molar-refractivity contribution in [3.63, 3.8) is 0 Å². The van der Waals surface area contributed by atoms with Crippen molar-refractivity contribution < 1.29 is 18.6 Å². The Kier molecular flexibility index (Phi) is 20.1. The molecule has 10 aromatic carbocycles. The molecule has 2 aliphatic heterocycles. The van der Waals surface area contributed by atoms with E-state index < -0.39 is 5.41 Å². The van der Waals surface area contributed by atoms with Gasteiger partial charge < -0.3 is 18.6 Å². The van der Waals surface area contributed by atoms with Gasteiger partial charge in [-0.3, -0.25) is 0 Å². The highest BCUT2D eigenvalue weighted by Gasteiger charge is 2.51. The first-order chi connectivity index (χ1) is 48.6. The van der Waals surface area contributed by atoms with E-state index in [1.807, 2.05) is 22.7 Å². The van der Waals surface area contributed by atoms with Gasteiger partial charge in [-0.05, 0) is 190 Å². The van der Waals surface area contributed by atoms with E-state index in [9.17, 15) is 0 Å². The van der Waals surface area contributed by atoms with E-state index in [2.05, 4.69) is 281 Å². The molecule has 0 bridgehead atoms. The fraction of sp³-hybridized carbons (Fsp3) is 0.333. The number of thiophene rings is 2. The molecule has 10 heteroatoms. The fourth-order valence-electron chi connectivity index (χ4n) is 17.2. The molecule has 0 N–H and O–H groups in total. The van der Waals surface area contributed by atoms with Gasteiger partial charge in [0, 0.05) is 36.7 Å². The summed E-state index contributed by atoms with van der Waals surface area (Å²) in [6.07, 6.45) is 17.8. The van der Waals surface area contributed by atoms with Crippen molar-refractivity contribution in [3.8, 4) is 44.5 Å². The van der Waals surface area contributed by atoms with Crippen LogP contribution in [0.5, 0.6) is 0 Å². The highest BCUT2D eigenvalue weighted by molar-refractivity contribution is 9.11. The highest BCUT2D eigenvalue weighted by Crippen LogP contribution is 2.62. The quantitative estimate of drug-likeness (QED) is 0.0563. The zero-order valence-corrected chi connectivity index (χ0v) is 64.4. The topological polar surface area (TPSA) is 36.9 Å². The predicted octanol–water partition coefficient (Wildman–Crippen LogP) is 25.2. The zero-order chi connectivity index (χ0) is 68.9. The molecule has 0 atom stereocenters. The minimum absolute atomic E-state index is 0.0309. The van der Waals surface area contributed by atoms with Crippen LogP contribution in [0.1, 0.15) is 190 Å². The Bertz CT molecular complexity index is 4690. The van der Waals surface area contributed by atoms with Gasteiger partial charge in [-0.1, -0.05) is 302 Å². The third-order valence-corrected chi connectivity index (χ3v) is 25.6. The van der Waals surface area contributed by atoms with Crippen LogP contribution in [0.2, 0.25) is 0 Å². The molecule has 508 valence electrons. The lowest BCUT2D eigenvalue weighted by molar-refractivity contribution is 0.365. The smallest absolute Gasteiger partial charge is 0.405 e. The molecule has 0 radical (unpaired) electrons. The number of unbranched alkanes of at least 4 members (excludes halogenated alkanes) is 10. The number of halogens is 2. The first kappa shape index (κ1) is 69.3. The Morgan fingerprint density at radius 2 is 0.750 bits per heavy atom. The maximum atomic E-state index is 6.24. The maximum absolute atomic E-state index is 6.24. The van der Waals surface area contributed by atoms with Gasteiger partial charge in [-0.2, -0.15) is 0 Å². The van der Waals surface area contributed by atoms with Crippen LogP contribution < -0.4 is 10.9 Å². The summed E-state index contributed by atoms with van der Waals surface area (Å²) in [6.45, 7) is 21.1. The van der Waals surface area contributed by atoms with Crippen molar-refractivity contribution >= 4 is 121 Å². The minimum Gasteiger partial charge on any atom is -0.405 e. The molecule has 4 nitrogen and oxygen atoms in total. The van der Waals surface area contributed by atoms with Gasteiger partial charge in [0.25, 0.3) is 0 Å². The average Bonchev–Trinajstić information content (AvgIpc) is 1.52. The SMILES string of the molecule is Brc1cc2c(-c3cccc4ccccc34)c3sc(Br)cc3c(-c3cccc4ccccc34)c2s1.CCCCCCCCC1(CCCCCCCC)c2cc(B3OCCO3)ccc2-c2cc3c(cc21)-c1ccc(B2OCCO2)cc1C3(c1ccc(C(C)(C)C)cc1)c1ccc(C(C)(C)C)cc1. The fourth-order valence-corrected chi connectivity index (χ4v) is 20.5. The molecule has 4 aliphatic rings. The number of hydrogen-bond acceptors (Lipinski definition) is 6. The summed E-state index contributed by atoms with van der Waals surface area (Å²) in [5.41, 5.74) is 23.2. The molecule has 12 aromatic rings. The van der Waals surface area contributed by atoms with Gasteiger partial charge in [0.2, 0.25) is 0 Å². The molecule has 0 amide bonds. The van der Waals surface area contributed by atoms with Gasteiger partial charge >= 0.3 is 14.2 Å². The molecule has 0 unspecified atom stereocenters. The molecular formula is C90H92B2Br2O4S2. The van der Waals surface area contributed by atoms with E-state index >= 15 is 0 Å². The molecule has 2 aromatic heterocycles. The molecule has 4 heterocycles. The van der Waals surface area contributed by atoms with E-state index in [0.29, 0.717) is 26.4 Å². The van der Waals surface area contributed by atoms with Gasteiger partial charge in [0.1, 0.15) is 0 Å². The number of rotatable bonds is 20. The van der Waals surface area contributed by atoms with Crippen LogP contribution in [0.4, 0.5) is 0 Å². The maximum Gasteiger partial charge on any atom is 0.494 e. The van der Waals surface area contributed by atoms with E-state index in [1.54, 1.807) is 0 Å². The molecule has 16 rings (SSSR count).